The summed E-state index contributed by atoms with van der Waals surface area (Å²) >= 11 is 0. The highest BCUT2D eigenvalue weighted by atomic mass is 28.3. The maximum absolute atomic E-state index is 5.32. The second-order valence-corrected chi connectivity index (χ2v) is 5.13. The minimum absolute atomic E-state index is 1.04. The predicted molar refractivity (Wildman–Crippen MR) is 54.5 cm³/mol. The predicted octanol–water partition coefficient (Wildman–Crippen LogP) is 1.86. The monoisotopic (exact) mass is 178 g/mol. The van der Waals surface area contributed by atoms with Crippen LogP contribution >= 0.6 is 0 Å². The van der Waals surface area contributed by atoms with Crippen LogP contribution < -0.4 is 0 Å². The standard InChI is InChI=1S/C10H14OSi/c1-3-12(11-2)9-10-7-5-4-6-8-10/h3-8,12H,1,9H2,2H3. The molecule has 0 saturated heterocycles. The molecule has 0 aromatic heterocycles. The zero-order valence-electron chi connectivity index (χ0n) is 7.36. The van der Waals surface area contributed by atoms with E-state index in [1.54, 1.807) is 7.11 Å². The van der Waals surface area contributed by atoms with E-state index < -0.39 is 9.04 Å². The van der Waals surface area contributed by atoms with Gasteiger partial charge in [0.25, 0.3) is 0 Å². The summed E-state index contributed by atoms with van der Waals surface area (Å²) in [4.78, 5) is 0. The Bertz CT molecular complexity index is 233. The van der Waals surface area contributed by atoms with E-state index >= 15 is 0 Å². The molecule has 1 nitrogen and oxygen atoms in total. The van der Waals surface area contributed by atoms with E-state index in [1.807, 2.05) is 11.8 Å². The average Bonchev–Trinajstić information content (AvgIpc) is 2.16. The molecule has 0 radical (unpaired) electrons. The lowest BCUT2D eigenvalue weighted by Gasteiger charge is -2.07. The summed E-state index contributed by atoms with van der Waals surface area (Å²) in [6.45, 7) is 3.76. The molecule has 2 heteroatoms. The molecule has 0 aliphatic heterocycles. The lowest BCUT2D eigenvalue weighted by Crippen LogP contribution is -2.16. The fourth-order valence-corrected chi connectivity index (χ4v) is 2.37. The summed E-state index contributed by atoms with van der Waals surface area (Å²) in [5, 5.41) is 0. The molecule has 1 unspecified atom stereocenters. The number of rotatable bonds is 4. The summed E-state index contributed by atoms with van der Waals surface area (Å²) in [5.41, 5.74) is 3.31. The summed E-state index contributed by atoms with van der Waals surface area (Å²) in [6.07, 6.45) is 0. The van der Waals surface area contributed by atoms with Crippen LogP contribution in [0.1, 0.15) is 5.56 Å². The van der Waals surface area contributed by atoms with Crippen molar-refractivity contribution >= 4 is 9.04 Å². The van der Waals surface area contributed by atoms with Crippen LogP contribution in [0.5, 0.6) is 0 Å². The van der Waals surface area contributed by atoms with Gasteiger partial charge >= 0.3 is 0 Å². The van der Waals surface area contributed by atoms with E-state index in [1.165, 1.54) is 5.56 Å². The first kappa shape index (κ1) is 9.23. The molecule has 0 aliphatic rings. The SMILES string of the molecule is C=C[SiH](Cc1ccccc1)OC. The number of hydrogen-bond donors (Lipinski definition) is 0. The summed E-state index contributed by atoms with van der Waals surface area (Å²) in [5.74, 6) is 0. The number of benzene rings is 1. The van der Waals surface area contributed by atoms with E-state index in [2.05, 4.69) is 30.8 Å². The average molecular weight is 178 g/mol. The largest absolute Gasteiger partial charge is 0.419 e. The second kappa shape index (κ2) is 4.90. The van der Waals surface area contributed by atoms with Gasteiger partial charge in [-0.25, -0.2) is 0 Å². The van der Waals surface area contributed by atoms with Gasteiger partial charge in [0.05, 0.1) is 0 Å². The fourth-order valence-electron chi connectivity index (χ4n) is 1.11. The van der Waals surface area contributed by atoms with E-state index in [9.17, 15) is 0 Å². The molecule has 0 aliphatic carbocycles. The van der Waals surface area contributed by atoms with Gasteiger partial charge in [0.1, 0.15) is 0 Å². The molecule has 64 valence electrons. The maximum Gasteiger partial charge on any atom is 0.204 e. The van der Waals surface area contributed by atoms with Crippen LogP contribution in [0, 0.1) is 0 Å². The highest BCUT2D eigenvalue weighted by Crippen LogP contribution is 2.02. The van der Waals surface area contributed by atoms with Crippen molar-refractivity contribution in [3.63, 3.8) is 0 Å². The third kappa shape index (κ3) is 2.64. The number of hydrogen-bond acceptors (Lipinski definition) is 1. The molecule has 0 heterocycles. The Labute approximate surface area is 75.4 Å². The quantitative estimate of drug-likeness (QED) is 0.640. The molecule has 1 aromatic carbocycles. The van der Waals surface area contributed by atoms with Gasteiger partial charge in [0.15, 0.2) is 0 Å². The summed E-state index contributed by atoms with van der Waals surface area (Å²) < 4.78 is 5.32. The van der Waals surface area contributed by atoms with Crippen molar-refractivity contribution in [1.29, 1.82) is 0 Å². The molecule has 0 N–H and O–H groups in total. The van der Waals surface area contributed by atoms with Crippen LogP contribution in [0.4, 0.5) is 0 Å². The molecule has 0 amide bonds. The normalized spacial score (nSPS) is 12.4. The Kier molecular flexibility index (Phi) is 3.77. The van der Waals surface area contributed by atoms with Crippen LogP contribution in [0.3, 0.4) is 0 Å². The Morgan fingerprint density at radius 2 is 2.08 bits per heavy atom. The van der Waals surface area contributed by atoms with Crippen molar-refractivity contribution < 1.29 is 4.43 Å². The Morgan fingerprint density at radius 1 is 1.42 bits per heavy atom. The lowest BCUT2D eigenvalue weighted by atomic mass is 10.2. The Morgan fingerprint density at radius 3 is 2.58 bits per heavy atom. The molecule has 1 rings (SSSR count). The van der Waals surface area contributed by atoms with E-state index in [4.69, 9.17) is 4.43 Å². The molecule has 0 bridgehead atoms. The highest BCUT2D eigenvalue weighted by Gasteiger charge is 2.04. The van der Waals surface area contributed by atoms with Gasteiger partial charge in [-0.15, -0.1) is 6.58 Å². The molecule has 1 aromatic rings. The van der Waals surface area contributed by atoms with Gasteiger partial charge in [-0.3, -0.25) is 0 Å². The smallest absolute Gasteiger partial charge is 0.204 e. The van der Waals surface area contributed by atoms with Crippen molar-refractivity contribution in [2.24, 2.45) is 0 Å². The van der Waals surface area contributed by atoms with Crippen LogP contribution in [0.2, 0.25) is 0 Å². The third-order valence-electron chi connectivity index (χ3n) is 1.85. The first-order valence-electron chi connectivity index (χ1n) is 4.06. The minimum Gasteiger partial charge on any atom is -0.419 e. The zero-order chi connectivity index (χ0) is 8.81. The highest BCUT2D eigenvalue weighted by molar-refractivity contribution is 6.56. The van der Waals surface area contributed by atoms with Gasteiger partial charge in [-0.1, -0.05) is 36.0 Å². The van der Waals surface area contributed by atoms with Crippen LogP contribution in [0.15, 0.2) is 42.6 Å². The topological polar surface area (TPSA) is 9.23 Å². The van der Waals surface area contributed by atoms with Crippen molar-refractivity contribution in [2.45, 2.75) is 6.04 Å². The first-order valence-corrected chi connectivity index (χ1v) is 6.01. The maximum atomic E-state index is 5.32. The first-order chi connectivity index (χ1) is 5.86. The molecule has 0 saturated carbocycles. The Balaban J connectivity index is 2.56. The van der Waals surface area contributed by atoms with Crippen LogP contribution in [-0.2, 0) is 10.5 Å². The van der Waals surface area contributed by atoms with E-state index in [-0.39, 0.29) is 0 Å². The van der Waals surface area contributed by atoms with Crippen LogP contribution in [0.25, 0.3) is 0 Å². The molecule has 0 fully saturated rings. The van der Waals surface area contributed by atoms with E-state index in [0.29, 0.717) is 0 Å². The molecule has 1 atom stereocenters. The van der Waals surface area contributed by atoms with Crippen LogP contribution in [-0.4, -0.2) is 16.2 Å². The molecule has 0 spiro atoms. The van der Waals surface area contributed by atoms with E-state index in [0.717, 1.165) is 6.04 Å². The van der Waals surface area contributed by atoms with Crippen molar-refractivity contribution in [2.75, 3.05) is 7.11 Å². The van der Waals surface area contributed by atoms with Gasteiger partial charge in [0.2, 0.25) is 9.04 Å². The lowest BCUT2D eigenvalue weighted by molar-refractivity contribution is 0.427. The van der Waals surface area contributed by atoms with Gasteiger partial charge in [-0.05, 0) is 11.6 Å². The Hall–Kier alpha value is -0.863. The molecule has 12 heavy (non-hydrogen) atoms. The fraction of sp³-hybridized carbons (Fsp3) is 0.200. The van der Waals surface area contributed by atoms with Crippen molar-refractivity contribution in [3.05, 3.63) is 48.2 Å². The van der Waals surface area contributed by atoms with Gasteiger partial charge in [0, 0.05) is 7.11 Å². The minimum atomic E-state index is -1.15. The van der Waals surface area contributed by atoms with Gasteiger partial charge in [-0.2, -0.15) is 0 Å². The zero-order valence-corrected chi connectivity index (χ0v) is 8.52. The molecular weight excluding hydrogens is 164 g/mol. The molecular formula is C10H14OSi. The summed E-state index contributed by atoms with van der Waals surface area (Å²) in [7, 11) is 0.611. The second-order valence-electron chi connectivity index (χ2n) is 2.70. The summed E-state index contributed by atoms with van der Waals surface area (Å²) in [6, 6.07) is 11.4. The third-order valence-corrected chi connectivity index (χ3v) is 3.85. The van der Waals surface area contributed by atoms with Gasteiger partial charge < -0.3 is 4.43 Å². The van der Waals surface area contributed by atoms with Crippen molar-refractivity contribution in [1.82, 2.24) is 0 Å². The van der Waals surface area contributed by atoms with Crippen molar-refractivity contribution in [3.8, 4) is 0 Å².